The van der Waals surface area contributed by atoms with E-state index in [-0.39, 0.29) is 11.9 Å². The SMILES string of the molecule is O=C(NC1CC1)C(=O)N1CCN(C(=O)Cc2ccc(-n3cccc3)cc2)CC1. The van der Waals surface area contributed by atoms with Crippen molar-refractivity contribution in [3.05, 3.63) is 54.4 Å². The van der Waals surface area contributed by atoms with Crippen molar-refractivity contribution in [2.75, 3.05) is 26.2 Å². The number of amides is 3. The minimum absolute atomic E-state index is 0.0447. The largest absolute Gasteiger partial charge is 0.345 e. The predicted molar refractivity (Wildman–Crippen MR) is 104 cm³/mol. The van der Waals surface area contributed by atoms with Crippen molar-refractivity contribution in [1.29, 1.82) is 0 Å². The lowest BCUT2D eigenvalue weighted by atomic mass is 10.1. The van der Waals surface area contributed by atoms with Crippen molar-refractivity contribution < 1.29 is 14.4 Å². The number of carbonyl (C=O) groups is 3. The van der Waals surface area contributed by atoms with E-state index in [1.165, 1.54) is 4.90 Å². The van der Waals surface area contributed by atoms with E-state index < -0.39 is 11.8 Å². The second-order valence-electron chi connectivity index (χ2n) is 7.35. The molecule has 2 aromatic rings. The van der Waals surface area contributed by atoms with Crippen LogP contribution in [0.25, 0.3) is 5.69 Å². The molecule has 0 unspecified atom stereocenters. The average molecular weight is 380 g/mol. The lowest BCUT2D eigenvalue weighted by Crippen LogP contribution is -2.54. The quantitative estimate of drug-likeness (QED) is 0.804. The molecule has 1 aromatic heterocycles. The molecule has 1 saturated carbocycles. The van der Waals surface area contributed by atoms with Gasteiger partial charge in [-0.05, 0) is 42.7 Å². The number of piperazine rings is 1. The summed E-state index contributed by atoms with van der Waals surface area (Å²) in [5.74, 6) is -0.965. The highest BCUT2D eigenvalue weighted by Gasteiger charge is 2.31. The maximum Gasteiger partial charge on any atom is 0.312 e. The Morgan fingerprint density at radius 1 is 0.893 bits per heavy atom. The summed E-state index contributed by atoms with van der Waals surface area (Å²) in [6, 6.07) is 12.0. The number of carbonyl (C=O) groups excluding carboxylic acids is 3. The smallest absolute Gasteiger partial charge is 0.312 e. The van der Waals surface area contributed by atoms with E-state index in [1.807, 2.05) is 53.4 Å². The van der Waals surface area contributed by atoms with Gasteiger partial charge in [0.2, 0.25) is 5.91 Å². The van der Waals surface area contributed by atoms with Crippen molar-refractivity contribution in [2.24, 2.45) is 0 Å². The van der Waals surface area contributed by atoms with Gasteiger partial charge in [-0.2, -0.15) is 0 Å². The summed E-state index contributed by atoms with van der Waals surface area (Å²) in [6.45, 7) is 1.72. The molecule has 3 amide bonds. The first-order valence-electron chi connectivity index (χ1n) is 9.70. The fraction of sp³-hybridized carbons (Fsp3) is 0.381. The highest BCUT2D eigenvalue weighted by atomic mass is 16.2. The molecule has 2 fully saturated rings. The number of benzene rings is 1. The summed E-state index contributed by atoms with van der Waals surface area (Å²) in [6.07, 6.45) is 6.20. The van der Waals surface area contributed by atoms with Crippen LogP contribution in [0.3, 0.4) is 0 Å². The molecule has 2 heterocycles. The summed E-state index contributed by atoms with van der Waals surface area (Å²) < 4.78 is 2.02. The zero-order valence-electron chi connectivity index (χ0n) is 15.7. The number of aromatic nitrogens is 1. The Hall–Kier alpha value is -3.09. The van der Waals surface area contributed by atoms with Gasteiger partial charge >= 0.3 is 11.8 Å². The van der Waals surface area contributed by atoms with Crippen LogP contribution >= 0.6 is 0 Å². The Bertz CT molecular complexity index is 848. The molecular formula is C21H24N4O3. The zero-order chi connectivity index (χ0) is 19.5. The van der Waals surface area contributed by atoms with Crippen LogP contribution in [0.2, 0.25) is 0 Å². The van der Waals surface area contributed by atoms with E-state index in [0.29, 0.717) is 32.6 Å². The van der Waals surface area contributed by atoms with Gasteiger partial charge < -0.3 is 19.7 Å². The highest BCUT2D eigenvalue weighted by Crippen LogP contribution is 2.18. The van der Waals surface area contributed by atoms with Gasteiger partial charge in [-0.25, -0.2) is 0 Å². The van der Waals surface area contributed by atoms with Crippen molar-refractivity contribution in [3.8, 4) is 5.69 Å². The van der Waals surface area contributed by atoms with Gasteiger partial charge in [0.15, 0.2) is 0 Å². The number of nitrogens with one attached hydrogen (secondary N) is 1. The van der Waals surface area contributed by atoms with Gasteiger partial charge in [0.05, 0.1) is 6.42 Å². The van der Waals surface area contributed by atoms with Crippen LogP contribution in [-0.2, 0) is 20.8 Å². The third kappa shape index (κ3) is 4.24. The third-order valence-corrected chi connectivity index (χ3v) is 5.22. The standard InChI is InChI=1S/C21H24N4O3/c26-19(15-16-3-7-18(8-4-16)23-9-1-2-10-23)24-11-13-25(14-12-24)21(28)20(27)22-17-5-6-17/h1-4,7-10,17H,5-6,11-15H2,(H,22,27). The van der Waals surface area contributed by atoms with E-state index in [1.54, 1.807) is 4.90 Å². The van der Waals surface area contributed by atoms with Gasteiger partial charge in [-0.3, -0.25) is 14.4 Å². The highest BCUT2D eigenvalue weighted by molar-refractivity contribution is 6.35. The second kappa shape index (κ2) is 7.88. The number of hydrogen-bond acceptors (Lipinski definition) is 3. The second-order valence-corrected chi connectivity index (χ2v) is 7.35. The topological polar surface area (TPSA) is 74.7 Å². The molecule has 0 radical (unpaired) electrons. The van der Waals surface area contributed by atoms with Gasteiger partial charge in [0.25, 0.3) is 0 Å². The molecular weight excluding hydrogens is 356 g/mol. The third-order valence-electron chi connectivity index (χ3n) is 5.22. The Balaban J connectivity index is 1.27. The van der Waals surface area contributed by atoms with Crippen molar-refractivity contribution in [3.63, 3.8) is 0 Å². The summed E-state index contributed by atoms with van der Waals surface area (Å²) in [5.41, 5.74) is 2.01. The molecule has 146 valence electrons. The first-order valence-corrected chi connectivity index (χ1v) is 9.70. The van der Waals surface area contributed by atoms with E-state index in [0.717, 1.165) is 24.1 Å². The van der Waals surface area contributed by atoms with Gasteiger partial charge in [0, 0.05) is 50.3 Å². The lowest BCUT2D eigenvalue weighted by molar-refractivity contribution is -0.148. The Kier molecular flexibility index (Phi) is 5.14. The van der Waals surface area contributed by atoms with E-state index in [2.05, 4.69) is 5.32 Å². The minimum Gasteiger partial charge on any atom is -0.345 e. The lowest BCUT2D eigenvalue weighted by Gasteiger charge is -2.34. The Morgan fingerprint density at radius 2 is 1.50 bits per heavy atom. The molecule has 0 spiro atoms. The van der Waals surface area contributed by atoms with Crippen LogP contribution in [0.5, 0.6) is 0 Å². The summed E-state index contributed by atoms with van der Waals surface area (Å²) in [4.78, 5) is 39.9. The maximum absolute atomic E-state index is 12.6. The van der Waals surface area contributed by atoms with Crippen LogP contribution in [0, 0.1) is 0 Å². The molecule has 0 bridgehead atoms. The number of rotatable bonds is 4. The summed E-state index contributed by atoms with van der Waals surface area (Å²) in [5, 5.41) is 2.72. The zero-order valence-corrected chi connectivity index (χ0v) is 15.7. The van der Waals surface area contributed by atoms with Crippen LogP contribution in [0.4, 0.5) is 0 Å². The van der Waals surface area contributed by atoms with Gasteiger partial charge in [0.1, 0.15) is 0 Å². The predicted octanol–water partition coefficient (Wildman–Crippen LogP) is 0.969. The van der Waals surface area contributed by atoms with Crippen LogP contribution < -0.4 is 5.32 Å². The summed E-state index contributed by atoms with van der Waals surface area (Å²) >= 11 is 0. The molecule has 1 N–H and O–H groups in total. The molecule has 1 aromatic carbocycles. The van der Waals surface area contributed by atoms with Gasteiger partial charge in [-0.15, -0.1) is 0 Å². The Morgan fingerprint density at radius 3 is 2.11 bits per heavy atom. The van der Waals surface area contributed by atoms with Gasteiger partial charge in [-0.1, -0.05) is 12.1 Å². The monoisotopic (exact) mass is 380 g/mol. The number of nitrogens with zero attached hydrogens (tertiary/aromatic N) is 3. The Labute approximate surface area is 163 Å². The van der Waals surface area contributed by atoms with Crippen molar-refractivity contribution >= 4 is 17.7 Å². The normalized spacial score (nSPS) is 16.7. The van der Waals surface area contributed by atoms with Crippen molar-refractivity contribution in [2.45, 2.75) is 25.3 Å². The van der Waals surface area contributed by atoms with E-state index in [9.17, 15) is 14.4 Å². The van der Waals surface area contributed by atoms with E-state index >= 15 is 0 Å². The maximum atomic E-state index is 12.6. The van der Waals surface area contributed by atoms with Crippen LogP contribution in [0.1, 0.15) is 18.4 Å². The molecule has 1 saturated heterocycles. The summed E-state index contributed by atoms with van der Waals surface area (Å²) in [7, 11) is 0. The van der Waals surface area contributed by atoms with Crippen LogP contribution in [-0.4, -0.2) is 64.3 Å². The molecule has 1 aliphatic carbocycles. The molecule has 7 heteroatoms. The molecule has 28 heavy (non-hydrogen) atoms. The number of hydrogen-bond donors (Lipinski definition) is 1. The first-order chi connectivity index (χ1) is 13.6. The van der Waals surface area contributed by atoms with E-state index in [4.69, 9.17) is 0 Å². The average Bonchev–Trinajstić information content (AvgIpc) is 3.36. The first kappa shape index (κ1) is 18.3. The molecule has 0 atom stereocenters. The molecule has 4 rings (SSSR count). The molecule has 2 aliphatic rings. The minimum atomic E-state index is -0.523. The molecule has 1 aliphatic heterocycles. The van der Waals surface area contributed by atoms with Crippen LogP contribution in [0.15, 0.2) is 48.8 Å². The fourth-order valence-corrected chi connectivity index (χ4v) is 3.36. The fourth-order valence-electron chi connectivity index (χ4n) is 3.36. The van der Waals surface area contributed by atoms with Crippen molar-refractivity contribution in [1.82, 2.24) is 19.7 Å². The molecule has 7 nitrogen and oxygen atoms in total.